The first-order chi connectivity index (χ1) is 30.1. The molecular weight excluding hydrogens is 763 g/mol. The van der Waals surface area contributed by atoms with Crippen LogP contribution >= 0.6 is 11.3 Å². The van der Waals surface area contributed by atoms with Crippen molar-refractivity contribution in [3.05, 3.63) is 220 Å². The van der Waals surface area contributed by atoms with Crippen LogP contribution in [-0.4, -0.2) is 16.7 Å². The monoisotopic (exact) mass is 803 g/mol. The average molecular weight is 804 g/mol. The highest BCUT2D eigenvalue weighted by Gasteiger charge is 2.23. The van der Waals surface area contributed by atoms with Gasteiger partial charge in [0.1, 0.15) is 11.2 Å². The molecule has 0 fully saturated rings. The van der Waals surface area contributed by atoms with E-state index in [0.29, 0.717) is 0 Å². The van der Waals surface area contributed by atoms with E-state index < -0.39 is 0 Å². The molecule has 0 N–H and O–H groups in total. The summed E-state index contributed by atoms with van der Waals surface area (Å²) in [6.07, 6.45) is 37.1. The van der Waals surface area contributed by atoms with Crippen LogP contribution in [0.2, 0.25) is 0 Å². The number of hydrogen-bond donors (Lipinski definition) is 0. The van der Waals surface area contributed by atoms with Gasteiger partial charge in [0.15, 0.2) is 0 Å². The Bertz CT molecular complexity index is 3280. The van der Waals surface area contributed by atoms with E-state index in [2.05, 4.69) is 168 Å². The lowest BCUT2D eigenvalue weighted by Crippen LogP contribution is -2.27. The third-order valence-corrected chi connectivity index (χ3v) is 13.0. The van der Waals surface area contributed by atoms with Crippen molar-refractivity contribution >= 4 is 78.2 Å². The lowest BCUT2D eigenvalue weighted by atomic mass is 9.94. The molecular formula is C56H41N3OS. The summed E-state index contributed by atoms with van der Waals surface area (Å²) >= 11 is 1.87. The fourth-order valence-corrected chi connectivity index (χ4v) is 9.97. The summed E-state index contributed by atoms with van der Waals surface area (Å²) in [6.45, 7) is 2.31. The summed E-state index contributed by atoms with van der Waals surface area (Å²) in [7, 11) is 0. The van der Waals surface area contributed by atoms with Crippen molar-refractivity contribution in [1.29, 1.82) is 0 Å². The van der Waals surface area contributed by atoms with Gasteiger partial charge >= 0.3 is 0 Å². The first kappa shape index (κ1) is 36.8. The summed E-state index contributed by atoms with van der Waals surface area (Å²) in [4.78, 5) is 13.3. The Labute approximate surface area is 359 Å². The second-order valence-corrected chi connectivity index (χ2v) is 16.8. The quantitative estimate of drug-likeness (QED) is 0.163. The molecule has 7 aromatic rings. The fourth-order valence-electron chi connectivity index (χ4n) is 8.87. The molecule has 0 radical (unpaired) electrons. The molecule has 2 aliphatic carbocycles. The van der Waals surface area contributed by atoms with Crippen LogP contribution in [0.5, 0.6) is 0 Å². The van der Waals surface area contributed by atoms with Crippen LogP contribution in [0.1, 0.15) is 47.0 Å². The number of hydrogen-bond acceptors (Lipinski definition) is 5. The number of pyridine rings is 1. The second kappa shape index (κ2) is 15.7. The number of furan rings is 1. The third-order valence-electron chi connectivity index (χ3n) is 11.9. The van der Waals surface area contributed by atoms with Crippen molar-refractivity contribution in [3.63, 3.8) is 0 Å². The zero-order valence-electron chi connectivity index (χ0n) is 33.8. The third kappa shape index (κ3) is 6.94. The smallest absolute Gasteiger partial charge is 0.135 e. The Hall–Kier alpha value is -7.30. The van der Waals surface area contributed by atoms with Gasteiger partial charge in [-0.25, -0.2) is 0 Å². The summed E-state index contributed by atoms with van der Waals surface area (Å²) in [5.74, 6) is 0. The number of aliphatic imine (C=N–C) groups is 1. The molecule has 292 valence electrons. The summed E-state index contributed by atoms with van der Waals surface area (Å²) in [5, 5.41) is 3.45. The molecule has 11 rings (SSSR count). The van der Waals surface area contributed by atoms with Crippen molar-refractivity contribution in [2.24, 2.45) is 4.99 Å². The van der Waals surface area contributed by atoms with E-state index in [9.17, 15) is 0 Å². The molecule has 61 heavy (non-hydrogen) atoms. The molecule has 4 aliphatic rings. The standard InChI is InChI=1S/C56H41N3OS/c1-37-19-20-38(44-13-5-2-6-14-45(44)51-17-10-12-32-58-51)21-22-42-33-39(23-27-52(42)59(37)43-26-30-56-49(36-43)46-15-7-3-9-18-55(46)61-56)40-24-28-53-47(34-40)48-35-41(25-29-54(48)60-53)50-16-8-4-11-31-57-50/h4-7,9-21,23-37H,2-3,22H2,1H3/b20-19-,38-21+. The molecule has 0 bridgehead atoms. The minimum atomic E-state index is 0.0437. The SMILES string of the molecule is CC1/C=C\C(C2=C(c3ccccn3)C=CCC=C2)=C/Cc2cc(-c3ccc4oc5ccc(C6=NC=CC=C=C6)cc5c4c3)ccc2N1c1ccc2sc3c(c2c1)C=CCC=C3. The van der Waals surface area contributed by atoms with E-state index in [-0.39, 0.29) is 6.04 Å². The molecule has 1 unspecified atom stereocenters. The highest BCUT2D eigenvalue weighted by atomic mass is 32.1. The van der Waals surface area contributed by atoms with E-state index in [1.54, 1.807) is 0 Å². The van der Waals surface area contributed by atoms with E-state index >= 15 is 0 Å². The van der Waals surface area contributed by atoms with Gasteiger partial charge in [0.2, 0.25) is 0 Å². The normalized spacial score (nSPS) is 18.6. The number of allylic oxidation sites excluding steroid dienone is 13. The molecule has 0 saturated heterocycles. The van der Waals surface area contributed by atoms with E-state index in [4.69, 9.17) is 9.40 Å². The average Bonchev–Trinajstić information content (AvgIpc) is 3.48. The van der Waals surface area contributed by atoms with E-state index in [1.807, 2.05) is 54.1 Å². The molecule has 0 amide bonds. The number of anilines is 2. The number of thiophene rings is 1. The Morgan fingerprint density at radius 3 is 2.39 bits per heavy atom. The molecule has 4 nitrogen and oxygen atoms in total. The number of aromatic nitrogens is 1. The van der Waals surface area contributed by atoms with Crippen LogP contribution in [0.4, 0.5) is 11.4 Å². The van der Waals surface area contributed by atoms with E-state index in [1.165, 1.54) is 48.6 Å². The van der Waals surface area contributed by atoms with Gasteiger partial charge in [-0.15, -0.1) is 17.1 Å². The van der Waals surface area contributed by atoms with Gasteiger partial charge in [-0.2, -0.15) is 0 Å². The first-order valence-electron chi connectivity index (χ1n) is 21.0. The van der Waals surface area contributed by atoms with Crippen molar-refractivity contribution in [2.45, 2.75) is 32.2 Å². The molecule has 5 heterocycles. The van der Waals surface area contributed by atoms with Crippen molar-refractivity contribution in [2.75, 3.05) is 4.90 Å². The van der Waals surface area contributed by atoms with Crippen LogP contribution < -0.4 is 4.90 Å². The first-order valence-corrected chi connectivity index (χ1v) is 21.8. The van der Waals surface area contributed by atoms with Crippen LogP contribution in [0.25, 0.3) is 60.9 Å². The van der Waals surface area contributed by atoms with Gasteiger partial charge in [0.25, 0.3) is 0 Å². The van der Waals surface area contributed by atoms with Crippen molar-refractivity contribution in [3.8, 4) is 11.1 Å². The van der Waals surface area contributed by atoms with Crippen LogP contribution in [-0.2, 0) is 6.42 Å². The summed E-state index contributed by atoms with van der Waals surface area (Å²) < 4.78 is 7.68. The maximum atomic E-state index is 6.37. The van der Waals surface area contributed by atoms with Gasteiger partial charge in [0.05, 0.1) is 11.4 Å². The van der Waals surface area contributed by atoms with Gasteiger partial charge in [-0.3, -0.25) is 9.98 Å². The molecule has 0 spiro atoms. The molecule has 5 heteroatoms. The number of nitrogens with zero attached hydrogens (tertiary/aromatic N) is 3. The Morgan fingerprint density at radius 1 is 0.738 bits per heavy atom. The number of rotatable bonds is 5. The Kier molecular flexibility index (Phi) is 9.46. The zero-order valence-corrected chi connectivity index (χ0v) is 34.6. The second-order valence-electron chi connectivity index (χ2n) is 15.7. The van der Waals surface area contributed by atoms with Gasteiger partial charge in [-0.1, -0.05) is 79.0 Å². The Morgan fingerprint density at radius 2 is 1.52 bits per heavy atom. The minimum Gasteiger partial charge on any atom is -0.456 e. The predicted molar refractivity (Wildman–Crippen MR) is 259 cm³/mol. The fraction of sp³-hybridized carbons (Fsp3) is 0.0893. The van der Waals surface area contributed by atoms with Gasteiger partial charge in [-0.05, 0) is 145 Å². The zero-order chi connectivity index (χ0) is 40.7. The van der Waals surface area contributed by atoms with Crippen molar-refractivity contribution in [1.82, 2.24) is 4.98 Å². The van der Waals surface area contributed by atoms with Crippen LogP contribution in [0.15, 0.2) is 203 Å². The topological polar surface area (TPSA) is 41.6 Å². The highest BCUT2D eigenvalue weighted by Crippen LogP contribution is 2.42. The minimum absolute atomic E-state index is 0.0437. The maximum Gasteiger partial charge on any atom is 0.135 e. The summed E-state index contributed by atoms with van der Waals surface area (Å²) in [6, 6.07) is 33.1. The number of fused-ring (bicyclic) bond motifs is 7. The molecule has 0 saturated carbocycles. The van der Waals surface area contributed by atoms with E-state index in [0.717, 1.165) is 74.9 Å². The van der Waals surface area contributed by atoms with Gasteiger partial charge < -0.3 is 9.32 Å². The largest absolute Gasteiger partial charge is 0.456 e. The predicted octanol–water partition coefficient (Wildman–Crippen LogP) is 14.9. The maximum absolute atomic E-state index is 6.37. The molecule has 3 aromatic heterocycles. The van der Waals surface area contributed by atoms with Crippen molar-refractivity contribution < 1.29 is 4.42 Å². The Balaban J connectivity index is 1.06. The highest BCUT2D eigenvalue weighted by molar-refractivity contribution is 7.20. The van der Waals surface area contributed by atoms with Gasteiger partial charge in [0, 0.05) is 78.3 Å². The number of benzene rings is 4. The molecule has 1 atom stereocenters. The van der Waals surface area contributed by atoms with Crippen LogP contribution in [0, 0.1) is 0 Å². The lowest BCUT2D eigenvalue weighted by molar-refractivity contribution is 0.669. The summed E-state index contributed by atoms with van der Waals surface area (Å²) in [5.41, 5.74) is 18.5. The molecule has 2 aliphatic heterocycles. The molecule has 4 aromatic carbocycles. The van der Waals surface area contributed by atoms with Crippen LogP contribution in [0.3, 0.4) is 0 Å². The lowest BCUT2D eigenvalue weighted by Gasteiger charge is -2.32.